The Morgan fingerprint density at radius 3 is 2.38 bits per heavy atom. The summed E-state index contributed by atoms with van der Waals surface area (Å²) in [7, 11) is -2.53. The van der Waals surface area contributed by atoms with Crippen molar-refractivity contribution in [3.8, 4) is 0 Å². The van der Waals surface area contributed by atoms with Gasteiger partial charge in [0.05, 0.1) is 5.56 Å². The fourth-order valence-corrected chi connectivity index (χ4v) is 2.91. The van der Waals surface area contributed by atoms with E-state index in [1.165, 1.54) is 18.7 Å². The van der Waals surface area contributed by atoms with Crippen LogP contribution in [0.15, 0.2) is 23.4 Å². The highest BCUT2D eigenvalue weighted by atomic mass is 32.2. The fourth-order valence-electron chi connectivity index (χ4n) is 1.62. The Bertz CT molecular complexity index is 739. The van der Waals surface area contributed by atoms with Gasteiger partial charge in [-0.3, -0.25) is 0 Å². The summed E-state index contributed by atoms with van der Waals surface area (Å²) in [5, 5.41) is 8.81. The van der Waals surface area contributed by atoms with Crippen molar-refractivity contribution < 1.29 is 21.6 Å². The lowest BCUT2D eigenvalue weighted by molar-refractivity contribution is -0.137. The molecule has 21 heavy (non-hydrogen) atoms. The van der Waals surface area contributed by atoms with E-state index in [2.05, 4.69) is 20.5 Å². The van der Waals surface area contributed by atoms with Crippen LogP contribution in [0.4, 0.5) is 13.2 Å². The number of nitrogens with zero attached hydrogens (tertiary/aromatic N) is 5. The van der Waals surface area contributed by atoms with E-state index in [4.69, 9.17) is 0 Å². The van der Waals surface area contributed by atoms with E-state index in [9.17, 15) is 21.6 Å². The first-order chi connectivity index (χ1) is 9.64. The highest BCUT2D eigenvalue weighted by Crippen LogP contribution is 2.30. The molecular weight excluding hydrogens is 311 g/mol. The molecule has 114 valence electrons. The van der Waals surface area contributed by atoms with Crippen LogP contribution in [-0.2, 0) is 23.1 Å². The van der Waals surface area contributed by atoms with Crippen LogP contribution in [0.1, 0.15) is 23.6 Å². The van der Waals surface area contributed by atoms with Crippen LogP contribution in [-0.4, -0.2) is 33.6 Å². The van der Waals surface area contributed by atoms with Gasteiger partial charge >= 0.3 is 6.18 Å². The molecule has 0 bridgehead atoms. The molecule has 0 aliphatic carbocycles. The highest BCUT2D eigenvalue weighted by molar-refractivity contribution is 7.91. The summed E-state index contributed by atoms with van der Waals surface area (Å²) in [5.41, 5.74) is -1.02. The quantitative estimate of drug-likeness (QED) is 0.842. The molecule has 0 amide bonds. The summed E-state index contributed by atoms with van der Waals surface area (Å²) >= 11 is 0. The largest absolute Gasteiger partial charge is 0.417 e. The van der Waals surface area contributed by atoms with Crippen LogP contribution in [0, 0.1) is 0 Å². The zero-order valence-electron chi connectivity index (χ0n) is 10.9. The Labute approximate surface area is 117 Å². The number of alkyl halides is 3. The Balaban J connectivity index is 2.38. The van der Waals surface area contributed by atoms with Gasteiger partial charge in [0.25, 0.3) is 0 Å². The fraction of sp³-hybridized carbons (Fsp3) is 0.400. The Hall–Kier alpha value is -2.04. The van der Waals surface area contributed by atoms with E-state index in [1.807, 2.05) is 0 Å². The van der Waals surface area contributed by atoms with Crippen molar-refractivity contribution in [2.45, 2.75) is 23.4 Å². The average molecular weight is 321 g/mol. The molecule has 2 aromatic rings. The molecule has 0 fully saturated rings. The molecule has 1 atom stereocenters. The molecule has 11 heteroatoms. The highest BCUT2D eigenvalue weighted by Gasteiger charge is 2.33. The second kappa shape index (κ2) is 5.06. The van der Waals surface area contributed by atoms with Crippen LogP contribution >= 0.6 is 0 Å². The number of sulfone groups is 1. The van der Waals surface area contributed by atoms with Gasteiger partial charge in [0.1, 0.15) is 5.25 Å². The molecule has 0 saturated heterocycles. The maximum absolute atomic E-state index is 12.4. The Morgan fingerprint density at radius 1 is 1.29 bits per heavy atom. The molecule has 0 spiro atoms. The van der Waals surface area contributed by atoms with Gasteiger partial charge in [0, 0.05) is 13.2 Å². The third kappa shape index (κ3) is 2.86. The van der Waals surface area contributed by atoms with Crippen LogP contribution in [0.5, 0.6) is 0 Å². The number of aryl methyl sites for hydroxylation is 1. The SMILES string of the molecule is CC(c1nnnn1C)S(=O)(=O)c1ccc(C(F)(F)F)cn1. The molecule has 2 heterocycles. The number of tetrazole rings is 1. The van der Waals surface area contributed by atoms with Crippen molar-refractivity contribution in [1.29, 1.82) is 0 Å². The summed E-state index contributed by atoms with van der Waals surface area (Å²) in [6.45, 7) is 1.33. The Kier molecular flexibility index (Phi) is 3.70. The van der Waals surface area contributed by atoms with E-state index in [1.54, 1.807) is 0 Å². The van der Waals surface area contributed by atoms with Crippen LogP contribution in [0.2, 0.25) is 0 Å². The van der Waals surface area contributed by atoms with Gasteiger partial charge in [0.15, 0.2) is 10.9 Å². The maximum Gasteiger partial charge on any atom is 0.417 e. The summed E-state index contributed by atoms with van der Waals surface area (Å²) in [6, 6.07) is 1.49. The lowest BCUT2D eigenvalue weighted by Gasteiger charge is -2.11. The topological polar surface area (TPSA) is 90.6 Å². The molecule has 2 rings (SSSR count). The number of pyridine rings is 1. The second-order valence-electron chi connectivity index (χ2n) is 4.23. The van der Waals surface area contributed by atoms with Crippen LogP contribution in [0.3, 0.4) is 0 Å². The van der Waals surface area contributed by atoms with Gasteiger partial charge < -0.3 is 0 Å². The van der Waals surface area contributed by atoms with E-state index >= 15 is 0 Å². The van der Waals surface area contributed by atoms with Gasteiger partial charge in [0.2, 0.25) is 9.84 Å². The minimum absolute atomic E-state index is 0.0664. The normalized spacial score (nSPS) is 14.1. The first-order valence-electron chi connectivity index (χ1n) is 5.63. The van der Waals surface area contributed by atoms with Crippen LogP contribution < -0.4 is 0 Å². The van der Waals surface area contributed by atoms with Crippen molar-refractivity contribution in [3.63, 3.8) is 0 Å². The molecular formula is C10H10F3N5O2S. The maximum atomic E-state index is 12.4. The minimum Gasteiger partial charge on any atom is -0.244 e. The van der Waals surface area contributed by atoms with Gasteiger partial charge in [-0.25, -0.2) is 18.1 Å². The van der Waals surface area contributed by atoms with Crippen molar-refractivity contribution >= 4 is 9.84 Å². The number of hydrogen-bond acceptors (Lipinski definition) is 6. The molecule has 0 saturated carbocycles. The van der Waals surface area contributed by atoms with E-state index in [0.717, 1.165) is 6.07 Å². The smallest absolute Gasteiger partial charge is 0.244 e. The van der Waals surface area contributed by atoms with E-state index in [-0.39, 0.29) is 5.82 Å². The molecule has 0 N–H and O–H groups in total. The standard InChI is InChI=1S/C10H10F3N5O2S/c1-6(9-15-16-17-18(9)2)21(19,20)8-4-3-7(5-14-8)10(11,12)13/h3-6H,1-2H3. The van der Waals surface area contributed by atoms with E-state index in [0.29, 0.717) is 12.3 Å². The molecule has 1 unspecified atom stereocenters. The predicted octanol–water partition coefficient (Wildman–Crippen LogP) is 1.16. The first kappa shape index (κ1) is 15.4. The number of hydrogen-bond donors (Lipinski definition) is 0. The molecule has 0 radical (unpaired) electrons. The first-order valence-corrected chi connectivity index (χ1v) is 7.18. The van der Waals surface area contributed by atoms with Crippen molar-refractivity contribution in [2.75, 3.05) is 0 Å². The summed E-state index contributed by atoms with van der Waals surface area (Å²) in [6.07, 6.45) is -4.09. The van der Waals surface area contributed by atoms with Crippen molar-refractivity contribution in [3.05, 3.63) is 29.7 Å². The zero-order valence-corrected chi connectivity index (χ0v) is 11.7. The number of rotatable bonds is 3. The van der Waals surface area contributed by atoms with Crippen LogP contribution in [0.25, 0.3) is 0 Å². The lowest BCUT2D eigenvalue weighted by Crippen LogP contribution is -2.17. The minimum atomic E-state index is -4.57. The summed E-state index contributed by atoms with van der Waals surface area (Å²) in [4.78, 5) is 3.39. The van der Waals surface area contributed by atoms with Gasteiger partial charge in [-0.1, -0.05) is 0 Å². The van der Waals surface area contributed by atoms with Gasteiger partial charge in [-0.2, -0.15) is 13.2 Å². The average Bonchev–Trinajstić information content (AvgIpc) is 2.83. The Morgan fingerprint density at radius 2 is 1.95 bits per heavy atom. The molecule has 2 aromatic heterocycles. The van der Waals surface area contributed by atoms with Crippen molar-refractivity contribution in [1.82, 2.24) is 25.2 Å². The number of halogens is 3. The summed E-state index contributed by atoms with van der Waals surface area (Å²) < 4.78 is 63.0. The predicted molar refractivity (Wildman–Crippen MR) is 63.6 cm³/mol. The number of aromatic nitrogens is 5. The molecule has 0 aliphatic heterocycles. The summed E-state index contributed by atoms with van der Waals surface area (Å²) in [5.74, 6) is 0.0664. The molecule has 0 aromatic carbocycles. The third-order valence-corrected chi connectivity index (χ3v) is 4.80. The molecule has 7 nitrogen and oxygen atoms in total. The lowest BCUT2D eigenvalue weighted by atomic mass is 10.3. The zero-order chi connectivity index (χ0) is 15.8. The van der Waals surface area contributed by atoms with Gasteiger partial charge in [-0.15, -0.1) is 5.10 Å². The third-order valence-electron chi connectivity index (χ3n) is 2.84. The second-order valence-corrected chi connectivity index (χ2v) is 6.45. The van der Waals surface area contributed by atoms with Gasteiger partial charge in [-0.05, 0) is 29.5 Å². The van der Waals surface area contributed by atoms with E-state index < -0.39 is 31.9 Å². The molecule has 0 aliphatic rings. The van der Waals surface area contributed by atoms with Crippen molar-refractivity contribution in [2.24, 2.45) is 7.05 Å². The monoisotopic (exact) mass is 321 g/mol.